The fourth-order valence-electron chi connectivity index (χ4n) is 1.44. The van der Waals surface area contributed by atoms with Crippen LogP contribution in [0.15, 0.2) is 23.6 Å². The highest BCUT2D eigenvalue weighted by Crippen LogP contribution is 2.28. The normalized spacial score (nSPS) is 12.8. The first kappa shape index (κ1) is 11.2. The summed E-state index contributed by atoms with van der Waals surface area (Å²) in [5.74, 6) is -0.238. The van der Waals surface area contributed by atoms with E-state index in [1.165, 1.54) is 23.5 Å². The molecule has 0 bridgehead atoms. The Morgan fingerprint density at radius 3 is 2.81 bits per heavy atom. The van der Waals surface area contributed by atoms with Crippen LogP contribution in [0.1, 0.15) is 24.2 Å². The third-order valence-corrected chi connectivity index (χ3v) is 3.31. The molecule has 0 aliphatic rings. The van der Waals surface area contributed by atoms with Crippen molar-refractivity contribution in [2.45, 2.75) is 19.9 Å². The maximum atomic E-state index is 13.2. The molecule has 0 spiro atoms. The minimum atomic E-state index is -0.238. The summed E-state index contributed by atoms with van der Waals surface area (Å²) in [6.07, 6.45) is 0. The monoisotopic (exact) mass is 236 g/mol. The average molecular weight is 236 g/mol. The fraction of sp³-hybridized carbons (Fsp3) is 0.250. The van der Waals surface area contributed by atoms with Gasteiger partial charge in [0.05, 0.1) is 5.69 Å². The highest BCUT2D eigenvalue weighted by atomic mass is 32.1. The molecule has 0 fully saturated rings. The van der Waals surface area contributed by atoms with Crippen LogP contribution in [0, 0.1) is 12.7 Å². The fourth-order valence-corrected chi connectivity index (χ4v) is 2.45. The Bertz CT molecular complexity index is 505. The molecule has 16 heavy (non-hydrogen) atoms. The summed E-state index contributed by atoms with van der Waals surface area (Å²) in [7, 11) is 0. The minimum Gasteiger partial charge on any atom is -0.323 e. The molecule has 0 saturated heterocycles. The zero-order valence-electron chi connectivity index (χ0n) is 9.20. The van der Waals surface area contributed by atoms with Crippen LogP contribution in [0.4, 0.5) is 4.39 Å². The molecule has 2 N–H and O–H groups in total. The lowest BCUT2D eigenvalue weighted by Gasteiger charge is -2.02. The number of aryl methyl sites for hydroxylation is 1. The molecule has 1 aromatic carbocycles. The van der Waals surface area contributed by atoms with Crippen molar-refractivity contribution in [3.8, 4) is 10.6 Å². The summed E-state index contributed by atoms with van der Waals surface area (Å²) >= 11 is 1.50. The summed E-state index contributed by atoms with van der Waals surface area (Å²) < 4.78 is 13.2. The molecule has 0 radical (unpaired) electrons. The number of nitrogens with two attached hydrogens (primary N) is 1. The second-order valence-corrected chi connectivity index (χ2v) is 4.68. The number of nitrogens with zero attached hydrogens (tertiary/aromatic N) is 1. The quantitative estimate of drug-likeness (QED) is 0.869. The summed E-state index contributed by atoms with van der Waals surface area (Å²) in [6, 6.07) is 4.65. The maximum Gasteiger partial charge on any atom is 0.124 e. The smallest absolute Gasteiger partial charge is 0.124 e. The molecule has 84 valence electrons. The lowest BCUT2D eigenvalue weighted by Crippen LogP contribution is -2.04. The molecule has 1 atom stereocenters. The van der Waals surface area contributed by atoms with Crippen LogP contribution in [-0.4, -0.2) is 4.98 Å². The molecule has 2 nitrogen and oxygen atoms in total. The van der Waals surface area contributed by atoms with Gasteiger partial charge in [0.15, 0.2) is 0 Å². The Morgan fingerprint density at radius 1 is 1.44 bits per heavy atom. The van der Waals surface area contributed by atoms with Gasteiger partial charge in [0.2, 0.25) is 0 Å². The van der Waals surface area contributed by atoms with Gasteiger partial charge in [0, 0.05) is 17.0 Å². The Balaban J connectivity index is 2.46. The first-order valence-electron chi connectivity index (χ1n) is 5.05. The van der Waals surface area contributed by atoms with Crippen molar-refractivity contribution in [3.63, 3.8) is 0 Å². The summed E-state index contributed by atoms with van der Waals surface area (Å²) in [6.45, 7) is 3.83. The van der Waals surface area contributed by atoms with Crippen LogP contribution in [-0.2, 0) is 0 Å². The highest BCUT2D eigenvalue weighted by Gasteiger charge is 2.10. The van der Waals surface area contributed by atoms with E-state index in [1.807, 2.05) is 19.2 Å². The SMILES string of the molecule is Cc1ccc(F)cc1-c1nc(C(C)N)cs1. The van der Waals surface area contributed by atoms with Gasteiger partial charge >= 0.3 is 0 Å². The highest BCUT2D eigenvalue weighted by molar-refractivity contribution is 7.13. The van der Waals surface area contributed by atoms with E-state index in [1.54, 1.807) is 6.07 Å². The molecule has 1 heterocycles. The van der Waals surface area contributed by atoms with Gasteiger partial charge in [-0.1, -0.05) is 6.07 Å². The van der Waals surface area contributed by atoms with E-state index >= 15 is 0 Å². The first-order chi connectivity index (χ1) is 7.58. The second kappa shape index (κ2) is 4.31. The average Bonchev–Trinajstić information content (AvgIpc) is 2.70. The van der Waals surface area contributed by atoms with Crippen LogP contribution >= 0.6 is 11.3 Å². The number of benzene rings is 1. The topological polar surface area (TPSA) is 38.9 Å². The molecule has 0 aliphatic heterocycles. The molecule has 0 amide bonds. The van der Waals surface area contributed by atoms with Gasteiger partial charge in [0.1, 0.15) is 10.8 Å². The number of hydrogen-bond acceptors (Lipinski definition) is 3. The molecule has 1 aromatic heterocycles. The van der Waals surface area contributed by atoms with Crippen LogP contribution in [0.5, 0.6) is 0 Å². The predicted molar refractivity (Wildman–Crippen MR) is 64.8 cm³/mol. The van der Waals surface area contributed by atoms with Gasteiger partial charge in [-0.25, -0.2) is 9.37 Å². The molecule has 2 aromatic rings. The minimum absolute atomic E-state index is 0.0844. The third-order valence-electron chi connectivity index (χ3n) is 2.42. The van der Waals surface area contributed by atoms with Gasteiger partial charge in [0.25, 0.3) is 0 Å². The Labute approximate surface area is 97.9 Å². The van der Waals surface area contributed by atoms with Gasteiger partial charge in [-0.15, -0.1) is 11.3 Å². The van der Waals surface area contributed by atoms with E-state index in [9.17, 15) is 4.39 Å². The van der Waals surface area contributed by atoms with Crippen LogP contribution in [0.3, 0.4) is 0 Å². The van der Waals surface area contributed by atoms with Crippen molar-refractivity contribution in [2.24, 2.45) is 5.73 Å². The molecule has 0 saturated carbocycles. The van der Waals surface area contributed by atoms with E-state index in [0.717, 1.165) is 21.8 Å². The van der Waals surface area contributed by atoms with E-state index in [0.29, 0.717) is 0 Å². The van der Waals surface area contributed by atoms with Crippen molar-refractivity contribution >= 4 is 11.3 Å². The molecule has 1 unspecified atom stereocenters. The summed E-state index contributed by atoms with van der Waals surface area (Å²) in [4.78, 5) is 4.41. The maximum absolute atomic E-state index is 13.2. The van der Waals surface area contributed by atoms with Crippen molar-refractivity contribution in [1.29, 1.82) is 0 Å². The molecule has 2 rings (SSSR count). The summed E-state index contributed by atoms with van der Waals surface area (Å²) in [5.41, 5.74) is 8.46. The molecule has 4 heteroatoms. The number of hydrogen-bond donors (Lipinski definition) is 1. The first-order valence-corrected chi connectivity index (χ1v) is 5.93. The molecular formula is C12H13FN2S. The van der Waals surface area contributed by atoms with Crippen LogP contribution in [0.2, 0.25) is 0 Å². The second-order valence-electron chi connectivity index (χ2n) is 3.83. The molecular weight excluding hydrogens is 223 g/mol. The zero-order valence-corrected chi connectivity index (χ0v) is 10.0. The molecule has 0 aliphatic carbocycles. The lowest BCUT2D eigenvalue weighted by atomic mass is 10.1. The van der Waals surface area contributed by atoms with E-state index in [4.69, 9.17) is 5.73 Å². The van der Waals surface area contributed by atoms with Crippen LogP contribution in [0.25, 0.3) is 10.6 Å². The van der Waals surface area contributed by atoms with Gasteiger partial charge in [-0.05, 0) is 31.5 Å². The Hall–Kier alpha value is -1.26. The van der Waals surface area contributed by atoms with E-state index in [-0.39, 0.29) is 11.9 Å². The van der Waals surface area contributed by atoms with E-state index in [2.05, 4.69) is 4.98 Å². The number of thiazole rings is 1. The van der Waals surface area contributed by atoms with E-state index < -0.39 is 0 Å². The Morgan fingerprint density at radius 2 is 2.19 bits per heavy atom. The lowest BCUT2D eigenvalue weighted by molar-refractivity contribution is 0.628. The third kappa shape index (κ3) is 2.13. The van der Waals surface area contributed by atoms with Crippen molar-refractivity contribution in [3.05, 3.63) is 40.7 Å². The van der Waals surface area contributed by atoms with Crippen LogP contribution < -0.4 is 5.73 Å². The van der Waals surface area contributed by atoms with Gasteiger partial charge in [-0.3, -0.25) is 0 Å². The van der Waals surface area contributed by atoms with Gasteiger partial charge in [-0.2, -0.15) is 0 Å². The Kier molecular flexibility index (Phi) is 3.03. The summed E-state index contributed by atoms with van der Waals surface area (Å²) in [5, 5.41) is 2.74. The predicted octanol–water partition coefficient (Wildman–Crippen LogP) is 3.28. The number of aromatic nitrogens is 1. The zero-order chi connectivity index (χ0) is 11.7. The standard InChI is InChI=1S/C12H13FN2S/c1-7-3-4-9(13)5-10(7)12-15-11(6-16-12)8(2)14/h3-6,8H,14H2,1-2H3. The van der Waals surface area contributed by atoms with Crippen molar-refractivity contribution in [2.75, 3.05) is 0 Å². The largest absolute Gasteiger partial charge is 0.323 e. The number of rotatable bonds is 2. The number of halogens is 1. The van der Waals surface area contributed by atoms with Crippen molar-refractivity contribution in [1.82, 2.24) is 4.98 Å². The van der Waals surface area contributed by atoms with Gasteiger partial charge < -0.3 is 5.73 Å². The van der Waals surface area contributed by atoms with Crippen molar-refractivity contribution < 1.29 is 4.39 Å².